The second-order valence-electron chi connectivity index (χ2n) is 3.64. The Labute approximate surface area is 104 Å². The summed E-state index contributed by atoms with van der Waals surface area (Å²) in [6.45, 7) is 2.82. The maximum Gasteiger partial charge on any atom is 0.0834 e. The molecule has 0 radical (unpaired) electrons. The third-order valence-corrected chi connectivity index (χ3v) is 3.54. The van der Waals surface area contributed by atoms with Crippen LogP contribution in [0.2, 0.25) is 5.02 Å². The molecular formula is C11H14ClN3S. The van der Waals surface area contributed by atoms with Crippen molar-refractivity contribution in [2.24, 2.45) is 5.73 Å². The number of hydrogen-bond acceptors (Lipinski definition) is 3. The van der Waals surface area contributed by atoms with E-state index in [9.17, 15) is 0 Å². The monoisotopic (exact) mass is 255 g/mol. The van der Waals surface area contributed by atoms with Gasteiger partial charge in [0.2, 0.25) is 0 Å². The third kappa shape index (κ3) is 2.29. The van der Waals surface area contributed by atoms with E-state index >= 15 is 0 Å². The predicted octanol–water partition coefficient (Wildman–Crippen LogP) is 2.86. The number of hydrogen-bond donors (Lipinski definition) is 1. The van der Waals surface area contributed by atoms with Gasteiger partial charge >= 0.3 is 0 Å². The van der Waals surface area contributed by atoms with Crippen molar-refractivity contribution in [1.82, 2.24) is 9.78 Å². The number of nitrogens with zero attached hydrogens (tertiary/aromatic N) is 2. The van der Waals surface area contributed by atoms with Crippen LogP contribution in [-0.2, 0) is 13.0 Å². The molecule has 0 bridgehead atoms. The van der Waals surface area contributed by atoms with Crippen molar-refractivity contribution < 1.29 is 0 Å². The molecule has 0 fully saturated rings. The summed E-state index contributed by atoms with van der Waals surface area (Å²) in [5.41, 5.74) is 8.34. The fourth-order valence-electron chi connectivity index (χ4n) is 1.75. The number of aromatic nitrogens is 2. The van der Waals surface area contributed by atoms with Crippen LogP contribution in [0.1, 0.15) is 24.2 Å². The van der Waals surface area contributed by atoms with Gasteiger partial charge in [0.1, 0.15) is 0 Å². The van der Waals surface area contributed by atoms with Crippen molar-refractivity contribution in [3.8, 4) is 0 Å². The standard InChI is InChI=1S/C11H14ClN3S/c1-2-15-11(9(12)6-14-15)10(13)5-8-3-4-16-7-8/h3-4,6-7,10H,2,5,13H2,1H3. The minimum atomic E-state index is -0.0930. The van der Waals surface area contributed by atoms with Gasteiger partial charge in [0.25, 0.3) is 0 Å². The molecule has 2 aromatic heterocycles. The summed E-state index contributed by atoms with van der Waals surface area (Å²) >= 11 is 7.78. The van der Waals surface area contributed by atoms with E-state index in [0.717, 1.165) is 18.7 Å². The van der Waals surface area contributed by atoms with Gasteiger partial charge in [-0.15, -0.1) is 0 Å². The molecule has 86 valence electrons. The summed E-state index contributed by atoms with van der Waals surface area (Å²) in [6.07, 6.45) is 2.46. The molecule has 5 heteroatoms. The van der Waals surface area contributed by atoms with Crippen LogP contribution in [0.3, 0.4) is 0 Å². The molecule has 2 N–H and O–H groups in total. The van der Waals surface area contributed by atoms with Crippen LogP contribution in [0.25, 0.3) is 0 Å². The fourth-order valence-corrected chi connectivity index (χ4v) is 2.71. The summed E-state index contributed by atoms with van der Waals surface area (Å²) in [7, 11) is 0. The lowest BCUT2D eigenvalue weighted by molar-refractivity contribution is 0.569. The van der Waals surface area contributed by atoms with Crippen LogP contribution in [0.15, 0.2) is 23.0 Å². The number of rotatable bonds is 4. The summed E-state index contributed by atoms with van der Waals surface area (Å²) < 4.78 is 1.86. The molecule has 2 heterocycles. The number of nitrogens with two attached hydrogens (primary N) is 1. The van der Waals surface area contributed by atoms with E-state index in [1.807, 2.05) is 11.6 Å². The van der Waals surface area contributed by atoms with Gasteiger partial charge in [-0.3, -0.25) is 4.68 Å². The number of thiophene rings is 1. The first kappa shape index (κ1) is 11.6. The van der Waals surface area contributed by atoms with Gasteiger partial charge in [-0.25, -0.2) is 0 Å². The van der Waals surface area contributed by atoms with E-state index in [1.54, 1.807) is 17.5 Å². The Balaban J connectivity index is 2.20. The lowest BCUT2D eigenvalue weighted by atomic mass is 10.1. The van der Waals surface area contributed by atoms with Crippen molar-refractivity contribution in [2.75, 3.05) is 0 Å². The molecule has 0 aromatic carbocycles. The molecule has 0 aliphatic carbocycles. The van der Waals surface area contributed by atoms with Crippen molar-refractivity contribution in [3.63, 3.8) is 0 Å². The molecule has 1 atom stereocenters. The van der Waals surface area contributed by atoms with Crippen LogP contribution in [0.4, 0.5) is 0 Å². The summed E-state index contributed by atoms with van der Waals surface area (Å²) in [5.74, 6) is 0. The molecule has 1 unspecified atom stereocenters. The molecule has 2 aromatic rings. The SMILES string of the molecule is CCn1ncc(Cl)c1C(N)Cc1ccsc1. The average Bonchev–Trinajstić information content (AvgIpc) is 2.87. The Bertz CT molecular complexity index is 450. The smallest absolute Gasteiger partial charge is 0.0834 e. The molecule has 3 nitrogen and oxygen atoms in total. The van der Waals surface area contributed by atoms with Crippen LogP contribution in [-0.4, -0.2) is 9.78 Å². The Morgan fingerprint density at radius 3 is 3.06 bits per heavy atom. The van der Waals surface area contributed by atoms with E-state index in [0.29, 0.717) is 5.02 Å². The minimum absolute atomic E-state index is 0.0930. The Morgan fingerprint density at radius 1 is 1.62 bits per heavy atom. The second-order valence-corrected chi connectivity index (χ2v) is 4.82. The fraction of sp³-hybridized carbons (Fsp3) is 0.364. The normalized spacial score (nSPS) is 12.9. The van der Waals surface area contributed by atoms with Crippen molar-refractivity contribution in [1.29, 1.82) is 0 Å². The average molecular weight is 256 g/mol. The van der Waals surface area contributed by atoms with E-state index < -0.39 is 0 Å². The van der Waals surface area contributed by atoms with E-state index in [4.69, 9.17) is 17.3 Å². The van der Waals surface area contributed by atoms with Gasteiger partial charge in [0.05, 0.1) is 23.0 Å². The molecule has 0 saturated carbocycles. The second kappa shape index (κ2) is 4.99. The van der Waals surface area contributed by atoms with E-state index in [2.05, 4.69) is 21.9 Å². The molecule has 0 spiro atoms. The van der Waals surface area contributed by atoms with Crippen LogP contribution < -0.4 is 5.73 Å². The maximum absolute atomic E-state index is 6.17. The molecule has 16 heavy (non-hydrogen) atoms. The van der Waals surface area contributed by atoms with Gasteiger partial charge in [-0.05, 0) is 35.7 Å². The first-order valence-corrected chi connectivity index (χ1v) is 6.52. The molecule has 0 saturated heterocycles. The first-order chi connectivity index (χ1) is 7.72. The topological polar surface area (TPSA) is 43.8 Å². The van der Waals surface area contributed by atoms with Crippen molar-refractivity contribution in [3.05, 3.63) is 39.3 Å². The zero-order valence-electron chi connectivity index (χ0n) is 9.06. The lowest BCUT2D eigenvalue weighted by Crippen LogP contribution is -2.18. The summed E-state index contributed by atoms with van der Waals surface area (Å²) in [5, 5.41) is 9.02. The largest absolute Gasteiger partial charge is 0.322 e. The van der Waals surface area contributed by atoms with E-state index in [1.165, 1.54) is 5.56 Å². The Morgan fingerprint density at radius 2 is 2.44 bits per heavy atom. The summed E-state index contributed by atoms with van der Waals surface area (Å²) in [6, 6.07) is 2.00. The molecule has 0 aliphatic heterocycles. The van der Waals surface area contributed by atoms with Crippen LogP contribution >= 0.6 is 22.9 Å². The quantitative estimate of drug-likeness (QED) is 0.913. The van der Waals surface area contributed by atoms with Crippen molar-refractivity contribution >= 4 is 22.9 Å². The van der Waals surface area contributed by atoms with Crippen LogP contribution in [0.5, 0.6) is 0 Å². The van der Waals surface area contributed by atoms with Crippen molar-refractivity contribution in [2.45, 2.75) is 25.9 Å². The zero-order chi connectivity index (χ0) is 11.5. The van der Waals surface area contributed by atoms with Gasteiger partial charge in [0.15, 0.2) is 0 Å². The highest BCUT2D eigenvalue weighted by molar-refractivity contribution is 7.07. The minimum Gasteiger partial charge on any atom is -0.322 e. The Kier molecular flexibility index (Phi) is 3.63. The van der Waals surface area contributed by atoms with Gasteiger partial charge in [-0.2, -0.15) is 16.4 Å². The summed E-state index contributed by atoms with van der Waals surface area (Å²) in [4.78, 5) is 0. The van der Waals surface area contributed by atoms with E-state index in [-0.39, 0.29) is 6.04 Å². The molecule has 0 amide bonds. The molecule has 0 aliphatic rings. The highest BCUT2D eigenvalue weighted by atomic mass is 35.5. The number of halogens is 1. The predicted molar refractivity (Wildman–Crippen MR) is 67.9 cm³/mol. The lowest BCUT2D eigenvalue weighted by Gasteiger charge is -2.13. The van der Waals surface area contributed by atoms with Gasteiger partial charge in [-0.1, -0.05) is 11.6 Å². The van der Waals surface area contributed by atoms with Gasteiger partial charge in [0, 0.05) is 6.54 Å². The number of aryl methyl sites for hydroxylation is 1. The Hall–Kier alpha value is -0.840. The highest BCUT2D eigenvalue weighted by Gasteiger charge is 2.16. The third-order valence-electron chi connectivity index (χ3n) is 2.52. The highest BCUT2D eigenvalue weighted by Crippen LogP contribution is 2.24. The van der Waals surface area contributed by atoms with Crippen LogP contribution in [0, 0.1) is 0 Å². The molecule has 2 rings (SSSR count). The molecular weight excluding hydrogens is 242 g/mol. The first-order valence-electron chi connectivity index (χ1n) is 5.20. The zero-order valence-corrected chi connectivity index (χ0v) is 10.6. The van der Waals surface area contributed by atoms with Gasteiger partial charge < -0.3 is 5.73 Å². The maximum atomic E-state index is 6.17.